The second kappa shape index (κ2) is 3.31. The molecule has 0 amide bonds. The van der Waals surface area contributed by atoms with Crippen LogP contribution >= 0.6 is 0 Å². The van der Waals surface area contributed by atoms with Gasteiger partial charge < -0.3 is 9.47 Å². The number of hydrogen-bond donors (Lipinski definition) is 0. The summed E-state index contributed by atoms with van der Waals surface area (Å²) in [7, 11) is 0. The molecule has 0 radical (unpaired) electrons. The fourth-order valence-electron chi connectivity index (χ4n) is 1.79. The Balaban J connectivity index is 2.36. The van der Waals surface area contributed by atoms with E-state index in [0.29, 0.717) is 6.61 Å². The Bertz CT molecular complexity index is 524. The van der Waals surface area contributed by atoms with Gasteiger partial charge in [0.1, 0.15) is 18.1 Å². The van der Waals surface area contributed by atoms with Crippen molar-refractivity contribution in [1.82, 2.24) is 0 Å². The van der Waals surface area contributed by atoms with E-state index < -0.39 is 0 Å². The monoisotopic (exact) mass is 198 g/mol. The lowest BCUT2D eigenvalue weighted by Crippen LogP contribution is -1.99. The molecule has 0 bridgehead atoms. The fraction of sp³-hybridized carbons (Fsp3) is 0.0769. The molecule has 15 heavy (non-hydrogen) atoms. The molecule has 0 unspecified atom stereocenters. The summed E-state index contributed by atoms with van der Waals surface area (Å²) >= 11 is 0. The van der Waals surface area contributed by atoms with E-state index in [0.717, 1.165) is 22.3 Å². The maximum Gasteiger partial charge on any atom is 0.138 e. The van der Waals surface area contributed by atoms with Gasteiger partial charge in [0.15, 0.2) is 0 Å². The van der Waals surface area contributed by atoms with Gasteiger partial charge in [0.05, 0.1) is 11.6 Å². The molecule has 0 aromatic heterocycles. The zero-order chi connectivity index (χ0) is 10.1. The Morgan fingerprint density at radius 1 is 0.933 bits per heavy atom. The molecule has 3 rings (SSSR count). The van der Waals surface area contributed by atoms with Gasteiger partial charge in [0, 0.05) is 0 Å². The van der Waals surface area contributed by atoms with Crippen LogP contribution in [0.4, 0.5) is 0 Å². The molecule has 0 saturated heterocycles. The summed E-state index contributed by atoms with van der Waals surface area (Å²) in [4.78, 5) is 0. The molecule has 0 aliphatic carbocycles. The van der Waals surface area contributed by atoms with E-state index in [9.17, 15) is 0 Å². The average Bonchev–Trinajstić information content (AvgIpc) is 2.25. The summed E-state index contributed by atoms with van der Waals surface area (Å²) in [5, 5.41) is 2.18. The Hall–Kier alpha value is -1.96. The van der Waals surface area contributed by atoms with Crippen molar-refractivity contribution in [2.75, 3.05) is 6.61 Å². The lowest BCUT2D eigenvalue weighted by Gasteiger charge is -2.13. The predicted octanol–water partition coefficient (Wildman–Crippen LogP) is 3.12. The summed E-state index contributed by atoms with van der Waals surface area (Å²) < 4.78 is 11.2. The Labute approximate surface area is 87.7 Å². The first-order valence-corrected chi connectivity index (χ1v) is 4.91. The quantitative estimate of drug-likeness (QED) is 0.647. The highest BCUT2D eigenvalue weighted by Crippen LogP contribution is 2.34. The molecule has 2 aromatic carbocycles. The molecule has 2 nitrogen and oxygen atoms in total. The molecule has 1 aliphatic rings. The Morgan fingerprint density at radius 2 is 1.73 bits per heavy atom. The van der Waals surface area contributed by atoms with Crippen molar-refractivity contribution in [3.63, 3.8) is 0 Å². The fourth-order valence-corrected chi connectivity index (χ4v) is 1.79. The summed E-state index contributed by atoms with van der Waals surface area (Å²) in [6.07, 6.45) is 3.53. The molecule has 0 spiro atoms. The molecular weight excluding hydrogens is 188 g/mol. The predicted molar refractivity (Wildman–Crippen MR) is 59.2 cm³/mol. The van der Waals surface area contributed by atoms with Crippen molar-refractivity contribution in [2.24, 2.45) is 0 Å². The third kappa shape index (κ3) is 1.34. The lowest BCUT2D eigenvalue weighted by atomic mass is 10.1. The zero-order valence-electron chi connectivity index (χ0n) is 8.14. The highest BCUT2D eigenvalue weighted by molar-refractivity contribution is 5.93. The van der Waals surface area contributed by atoms with Gasteiger partial charge in [-0.05, 0) is 23.6 Å². The third-order valence-corrected chi connectivity index (χ3v) is 2.45. The van der Waals surface area contributed by atoms with E-state index in [4.69, 9.17) is 9.47 Å². The van der Waals surface area contributed by atoms with Gasteiger partial charge in [-0.15, -0.1) is 0 Å². The second-order valence-corrected chi connectivity index (χ2v) is 3.41. The molecular formula is C13H10O2. The van der Waals surface area contributed by atoms with E-state index in [2.05, 4.69) is 12.1 Å². The molecule has 74 valence electrons. The van der Waals surface area contributed by atoms with Gasteiger partial charge in [0.25, 0.3) is 0 Å². The smallest absolute Gasteiger partial charge is 0.138 e. The van der Waals surface area contributed by atoms with Crippen molar-refractivity contribution >= 4 is 10.8 Å². The van der Waals surface area contributed by atoms with Crippen LogP contribution in [0, 0.1) is 0 Å². The van der Waals surface area contributed by atoms with Crippen molar-refractivity contribution in [3.8, 4) is 11.5 Å². The summed E-state index contributed by atoms with van der Waals surface area (Å²) in [5.41, 5.74) is 0. The first kappa shape index (κ1) is 8.36. The molecule has 0 fully saturated rings. The standard InChI is InChI=1S/C13H10O2/c1-4-10-5-2-7-12-13(10)11(6-1)14-8-3-9-15-12/h1-8H,9H2/b8-3-. The maximum atomic E-state index is 5.63. The van der Waals surface area contributed by atoms with Gasteiger partial charge in [-0.25, -0.2) is 0 Å². The van der Waals surface area contributed by atoms with E-state index in [1.54, 1.807) is 6.26 Å². The van der Waals surface area contributed by atoms with Crippen LogP contribution in [-0.4, -0.2) is 6.61 Å². The first-order chi connectivity index (χ1) is 7.45. The third-order valence-electron chi connectivity index (χ3n) is 2.45. The molecule has 0 atom stereocenters. The molecule has 1 aliphatic heterocycles. The van der Waals surface area contributed by atoms with Crippen molar-refractivity contribution in [3.05, 3.63) is 48.7 Å². The van der Waals surface area contributed by atoms with Gasteiger partial charge in [-0.3, -0.25) is 0 Å². The second-order valence-electron chi connectivity index (χ2n) is 3.41. The van der Waals surface area contributed by atoms with Crippen molar-refractivity contribution in [2.45, 2.75) is 0 Å². The molecule has 2 heteroatoms. The Morgan fingerprint density at radius 3 is 2.60 bits per heavy atom. The summed E-state index contributed by atoms with van der Waals surface area (Å²) in [6, 6.07) is 12.0. The SMILES string of the molecule is C1=C\Oc2cccc3cccc(c23)OC/1. The molecule has 2 aromatic rings. The minimum absolute atomic E-state index is 0.549. The normalized spacial score (nSPS) is 16.0. The largest absolute Gasteiger partial charge is 0.489 e. The Kier molecular flexibility index (Phi) is 1.85. The molecule has 0 saturated carbocycles. The summed E-state index contributed by atoms with van der Waals surface area (Å²) in [6.45, 7) is 0.549. The van der Waals surface area contributed by atoms with Crippen LogP contribution in [0.3, 0.4) is 0 Å². The van der Waals surface area contributed by atoms with Crippen LogP contribution < -0.4 is 9.47 Å². The van der Waals surface area contributed by atoms with Crippen LogP contribution in [0.2, 0.25) is 0 Å². The highest BCUT2D eigenvalue weighted by atomic mass is 16.5. The van der Waals surface area contributed by atoms with Crippen LogP contribution in [-0.2, 0) is 0 Å². The zero-order valence-corrected chi connectivity index (χ0v) is 8.14. The maximum absolute atomic E-state index is 5.63. The van der Waals surface area contributed by atoms with Crippen molar-refractivity contribution in [1.29, 1.82) is 0 Å². The van der Waals surface area contributed by atoms with Gasteiger partial charge >= 0.3 is 0 Å². The van der Waals surface area contributed by atoms with E-state index in [1.165, 1.54) is 0 Å². The number of ether oxygens (including phenoxy) is 2. The average molecular weight is 198 g/mol. The number of benzene rings is 2. The topological polar surface area (TPSA) is 18.5 Å². The molecule has 0 N–H and O–H groups in total. The van der Waals surface area contributed by atoms with E-state index >= 15 is 0 Å². The van der Waals surface area contributed by atoms with E-state index in [-0.39, 0.29) is 0 Å². The minimum atomic E-state index is 0.549. The van der Waals surface area contributed by atoms with Crippen LogP contribution in [0.25, 0.3) is 10.8 Å². The highest BCUT2D eigenvalue weighted by Gasteiger charge is 2.08. The van der Waals surface area contributed by atoms with Gasteiger partial charge in [-0.2, -0.15) is 0 Å². The first-order valence-electron chi connectivity index (χ1n) is 4.91. The molecule has 1 heterocycles. The summed E-state index contributed by atoms with van der Waals surface area (Å²) in [5.74, 6) is 1.73. The van der Waals surface area contributed by atoms with Crippen LogP contribution in [0.1, 0.15) is 0 Å². The number of rotatable bonds is 0. The van der Waals surface area contributed by atoms with Crippen LogP contribution in [0.15, 0.2) is 48.7 Å². The van der Waals surface area contributed by atoms with Crippen molar-refractivity contribution < 1.29 is 9.47 Å². The number of hydrogen-bond acceptors (Lipinski definition) is 2. The van der Waals surface area contributed by atoms with Gasteiger partial charge in [0.2, 0.25) is 0 Å². The minimum Gasteiger partial charge on any atom is -0.489 e. The lowest BCUT2D eigenvalue weighted by molar-refractivity contribution is 0.355. The van der Waals surface area contributed by atoms with Crippen LogP contribution in [0.5, 0.6) is 11.5 Å². The van der Waals surface area contributed by atoms with Gasteiger partial charge in [-0.1, -0.05) is 24.3 Å². The van der Waals surface area contributed by atoms with E-state index in [1.807, 2.05) is 30.3 Å².